The molecule has 3 atom stereocenters. The molecule has 0 aliphatic carbocycles. The Morgan fingerprint density at radius 1 is 1.23 bits per heavy atom. The van der Waals surface area contributed by atoms with E-state index < -0.39 is 23.8 Å². The Balaban J connectivity index is 1.62. The summed E-state index contributed by atoms with van der Waals surface area (Å²) < 4.78 is 16.7. The Labute approximate surface area is 230 Å². The summed E-state index contributed by atoms with van der Waals surface area (Å²) in [6.45, 7) is 5.24. The van der Waals surface area contributed by atoms with Gasteiger partial charge in [-0.3, -0.25) is 19.3 Å². The molecular formula is C28H42N4O7. The van der Waals surface area contributed by atoms with Gasteiger partial charge in [0.1, 0.15) is 0 Å². The first-order valence-corrected chi connectivity index (χ1v) is 14.1. The molecule has 1 aromatic rings. The number of fused-ring (bicyclic) bond motifs is 1. The van der Waals surface area contributed by atoms with Gasteiger partial charge in [0.2, 0.25) is 24.4 Å². The molecular weight excluding hydrogens is 504 g/mol. The molecule has 3 unspecified atom stereocenters. The number of carbonyl (C=O) groups is 3. The molecule has 1 aromatic carbocycles. The van der Waals surface area contributed by atoms with Gasteiger partial charge < -0.3 is 34.9 Å². The maximum atomic E-state index is 13.4. The van der Waals surface area contributed by atoms with Crippen molar-refractivity contribution in [3.05, 3.63) is 17.7 Å². The average molecular weight is 547 g/mol. The fourth-order valence-electron chi connectivity index (χ4n) is 6.08. The number of amides is 2. The van der Waals surface area contributed by atoms with Crippen LogP contribution < -0.4 is 19.9 Å². The highest BCUT2D eigenvalue weighted by atomic mass is 16.7. The minimum atomic E-state index is -0.925. The molecule has 3 heterocycles. The number of methoxy groups -OCH3 is 1. The number of carboxylic acids is 1. The SMILES string of the molecule is CCCCN(CCN)C(=O)CN1CC(c2cc(OC)c3c(c2)OCO3)C(C(=O)O)C1CCN1CCCCC1=O. The van der Waals surface area contributed by atoms with Crippen molar-refractivity contribution in [1.82, 2.24) is 14.7 Å². The summed E-state index contributed by atoms with van der Waals surface area (Å²) in [6.07, 6.45) is 4.68. The van der Waals surface area contributed by atoms with Gasteiger partial charge in [-0.15, -0.1) is 0 Å². The molecule has 0 bridgehead atoms. The molecule has 2 fully saturated rings. The summed E-state index contributed by atoms with van der Waals surface area (Å²) in [5.41, 5.74) is 6.56. The number of carboxylic acid groups (broad SMARTS) is 1. The zero-order valence-corrected chi connectivity index (χ0v) is 23.1. The van der Waals surface area contributed by atoms with Crippen LogP contribution in [-0.2, 0) is 14.4 Å². The van der Waals surface area contributed by atoms with E-state index in [1.165, 1.54) is 7.11 Å². The quantitative estimate of drug-likeness (QED) is 0.380. The van der Waals surface area contributed by atoms with E-state index in [4.69, 9.17) is 19.9 Å². The fourth-order valence-corrected chi connectivity index (χ4v) is 6.08. The monoisotopic (exact) mass is 546 g/mol. The molecule has 3 N–H and O–H groups in total. The highest BCUT2D eigenvalue weighted by Crippen LogP contribution is 2.47. The molecule has 0 radical (unpaired) electrons. The van der Waals surface area contributed by atoms with Gasteiger partial charge >= 0.3 is 5.97 Å². The van der Waals surface area contributed by atoms with Crippen LogP contribution in [0.1, 0.15) is 56.9 Å². The molecule has 0 spiro atoms. The van der Waals surface area contributed by atoms with E-state index in [0.29, 0.717) is 69.4 Å². The smallest absolute Gasteiger partial charge is 0.308 e. The molecule has 216 valence electrons. The predicted octanol–water partition coefficient (Wildman–Crippen LogP) is 1.88. The first-order chi connectivity index (χ1) is 18.9. The summed E-state index contributed by atoms with van der Waals surface area (Å²) in [7, 11) is 1.54. The molecule has 0 saturated carbocycles. The first kappa shape index (κ1) is 28.9. The number of unbranched alkanes of at least 4 members (excludes halogenated alkanes) is 1. The Hall–Kier alpha value is -3.05. The number of benzene rings is 1. The largest absolute Gasteiger partial charge is 0.493 e. The summed E-state index contributed by atoms with van der Waals surface area (Å²) >= 11 is 0. The van der Waals surface area contributed by atoms with E-state index in [2.05, 4.69) is 6.92 Å². The molecule has 39 heavy (non-hydrogen) atoms. The molecule has 11 heteroatoms. The van der Waals surface area contributed by atoms with Gasteiger partial charge in [0.15, 0.2) is 11.5 Å². The number of aliphatic carboxylic acids is 1. The summed E-state index contributed by atoms with van der Waals surface area (Å²) in [5, 5.41) is 10.5. The molecule has 3 aliphatic rings. The number of carbonyl (C=O) groups excluding carboxylic acids is 2. The second-order valence-electron chi connectivity index (χ2n) is 10.6. The van der Waals surface area contributed by atoms with Gasteiger partial charge in [-0.05, 0) is 43.4 Å². The van der Waals surface area contributed by atoms with Crippen LogP contribution in [0.5, 0.6) is 17.2 Å². The second-order valence-corrected chi connectivity index (χ2v) is 10.6. The van der Waals surface area contributed by atoms with Crippen LogP contribution in [0.25, 0.3) is 0 Å². The lowest BCUT2D eigenvalue weighted by molar-refractivity contribution is -0.144. The van der Waals surface area contributed by atoms with Gasteiger partial charge in [0.25, 0.3) is 0 Å². The molecule has 11 nitrogen and oxygen atoms in total. The first-order valence-electron chi connectivity index (χ1n) is 14.1. The van der Waals surface area contributed by atoms with Crippen molar-refractivity contribution in [3.63, 3.8) is 0 Å². The van der Waals surface area contributed by atoms with Crippen molar-refractivity contribution in [2.45, 2.75) is 57.4 Å². The summed E-state index contributed by atoms with van der Waals surface area (Å²) in [4.78, 5) is 44.3. The van der Waals surface area contributed by atoms with Crippen LogP contribution in [-0.4, -0.2) is 103 Å². The van der Waals surface area contributed by atoms with Crippen molar-refractivity contribution in [2.75, 3.05) is 59.7 Å². The normalized spacial score (nSPS) is 22.8. The van der Waals surface area contributed by atoms with Crippen LogP contribution in [0.2, 0.25) is 0 Å². The lowest BCUT2D eigenvalue weighted by Gasteiger charge is -2.32. The van der Waals surface area contributed by atoms with Gasteiger partial charge in [-0.1, -0.05) is 13.3 Å². The van der Waals surface area contributed by atoms with E-state index >= 15 is 0 Å². The van der Waals surface area contributed by atoms with Crippen molar-refractivity contribution < 1.29 is 33.7 Å². The summed E-state index contributed by atoms with van der Waals surface area (Å²) in [5.74, 6) is -0.533. The highest BCUT2D eigenvalue weighted by molar-refractivity contribution is 5.79. The summed E-state index contributed by atoms with van der Waals surface area (Å²) in [6, 6.07) is 3.21. The Morgan fingerprint density at radius 3 is 2.74 bits per heavy atom. The third-order valence-corrected chi connectivity index (χ3v) is 8.13. The topological polar surface area (TPSA) is 135 Å². The number of nitrogens with zero attached hydrogens (tertiary/aromatic N) is 3. The van der Waals surface area contributed by atoms with Crippen LogP contribution in [0.3, 0.4) is 0 Å². The lowest BCUT2D eigenvalue weighted by atomic mass is 9.84. The van der Waals surface area contributed by atoms with E-state index in [-0.39, 0.29) is 25.2 Å². The Bertz CT molecular complexity index is 1040. The molecule has 2 amide bonds. The van der Waals surface area contributed by atoms with Gasteiger partial charge in [0, 0.05) is 57.6 Å². The molecule has 2 saturated heterocycles. The molecule has 0 aromatic heterocycles. The van der Waals surface area contributed by atoms with Crippen molar-refractivity contribution in [1.29, 1.82) is 0 Å². The van der Waals surface area contributed by atoms with E-state index in [1.807, 2.05) is 21.9 Å². The van der Waals surface area contributed by atoms with Crippen molar-refractivity contribution in [3.8, 4) is 17.2 Å². The van der Waals surface area contributed by atoms with Crippen LogP contribution in [0, 0.1) is 5.92 Å². The number of hydrogen-bond donors (Lipinski definition) is 2. The maximum Gasteiger partial charge on any atom is 0.308 e. The van der Waals surface area contributed by atoms with Gasteiger partial charge in [0.05, 0.1) is 19.6 Å². The molecule has 3 aliphatic heterocycles. The number of likely N-dealkylation sites (tertiary alicyclic amines) is 2. The number of ether oxygens (including phenoxy) is 3. The number of hydrogen-bond acceptors (Lipinski definition) is 8. The van der Waals surface area contributed by atoms with Gasteiger partial charge in [-0.25, -0.2) is 0 Å². The van der Waals surface area contributed by atoms with E-state index in [1.54, 1.807) is 4.90 Å². The number of nitrogens with two attached hydrogens (primary N) is 1. The maximum absolute atomic E-state index is 13.4. The standard InChI is InChI=1S/C28H42N4O7/c1-3-4-10-31(13-9-29)25(34)17-32-16-20(19-14-22(37-2)27-23(15-19)38-18-39-27)26(28(35)36)21(32)8-12-30-11-6-5-7-24(30)33/h14-15,20-21,26H,3-13,16-18,29H2,1-2H3,(H,35,36). The fraction of sp³-hybridized carbons (Fsp3) is 0.679. The highest BCUT2D eigenvalue weighted by Gasteiger charge is 2.48. The van der Waals surface area contributed by atoms with Crippen LogP contribution >= 0.6 is 0 Å². The van der Waals surface area contributed by atoms with Crippen molar-refractivity contribution in [2.24, 2.45) is 11.7 Å². The van der Waals surface area contributed by atoms with Crippen LogP contribution in [0.15, 0.2) is 12.1 Å². The number of rotatable bonds is 13. The molecule has 4 rings (SSSR count). The Morgan fingerprint density at radius 2 is 2.05 bits per heavy atom. The zero-order valence-electron chi connectivity index (χ0n) is 23.1. The lowest BCUT2D eigenvalue weighted by Crippen LogP contribution is -2.47. The minimum Gasteiger partial charge on any atom is -0.493 e. The minimum absolute atomic E-state index is 0.0546. The number of piperidine rings is 1. The Kier molecular flexibility index (Phi) is 9.90. The third-order valence-electron chi connectivity index (χ3n) is 8.13. The van der Waals surface area contributed by atoms with Crippen molar-refractivity contribution >= 4 is 17.8 Å². The van der Waals surface area contributed by atoms with Crippen LogP contribution in [0.4, 0.5) is 0 Å². The van der Waals surface area contributed by atoms with Gasteiger partial charge in [-0.2, -0.15) is 0 Å². The average Bonchev–Trinajstić information content (AvgIpc) is 3.54. The van der Waals surface area contributed by atoms with E-state index in [0.717, 1.165) is 31.2 Å². The third kappa shape index (κ3) is 6.58. The predicted molar refractivity (Wildman–Crippen MR) is 144 cm³/mol. The zero-order chi connectivity index (χ0) is 27.9. The van der Waals surface area contributed by atoms with E-state index in [9.17, 15) is 19.5 Å². The second kappa shape index (κ2) is 13.3.